The molecule has 6 heteroatoms. The number of carbonyl (C=O) groups excluding carboxylic acids is 1. The van der Waals surface area contributed by atoms with Crippen molar-refractivity contribution in [3.8, 4) is 11.3 Å². The van der Waals surface area contributed by atoms with Gasteiger partial charge in [0.2, 0.25) is 0 Å². The third kappa shape index (κ3) is 3.57. The maximum atomic E-state index is 12.2. The van der Waals surface area contributed by atoms with Gasteiger partial charge < -0.3 is 0 Å². The zero-order valence-corrected chi connectivity index (χ0v) is 14.2. The van der Waals surface area contributed by atoms with Crippen LogP contribution >= 0.6 is 22.9 Å². The molecule has 0 fully saturated rings. The Hall–Kier alpha value is -2.24. The van der Waals surface area contributed by atoms with Gasteiger partial charge in [-0.3, -0.25) is 10.1 Å². The van der Waals surface area contributed by atoms with E-state index in [9.17, 15) is 4.79 Å². The number of aryl methyl sites for hydroxylation is 2. The first kappa shape index (κ1) is 15.6. The van der Waals surface area contributed by atoms with Gasteiger partial charge in [0.15, 0.2) is 5.13 Å². The standard InChI is InChI=1S/C17H14ClN3OS/c1-10-3-4-13(11(2)7-10)14-9-23-17(20-14)21-16(22)12-5-6-19-15(18)8-12/h3-9H,1-2H3,(H,20,21,22). The fourth-order valence-electron chi connectivity index (χ4n) is 2.27. The molecule has 0 saturated heterocycles. The third-order valence-corrected chi connectivity index (χ3v) is 4.34. The number of benzene rings is 1. The molecule has 116 valence electrons. The number of hydrogen-bond donors (Lipinski definition) is 1. The van der Waals surface area contributed by atoms with Crippen LogP contribution < -0.4 is 5.32 Å². The molecule has 0 aliphatic carbocycles. The van der Waals surface area contributed by atoms with Crippen LogP contribution in [0, 0.1) is 13.8 Å². The van der Waals surface area contributed by atoms with Crippen molar-refractivity contribution in [2.24, 2.45) is 0 Å². The lowest BCUT2D eigenvalue weighted by atomic mass is 10.0. The minimum atomic E-state index is -0.254. The summed E-state index contributed by atoms with van der Waals surface area (Å²) in [6.45, 7) is 4.11. The lowest BCUT2D eigenvalue weighted by Crippen LogP contribution is -2.11. The van der Waals surface area contributed by atoms with Crippen LogP contribution in [0.25, 0.3) is 11.3 Å². The Balaban J connectivity index is 1.81. The Labute approximate surface area is 143 Å². The number of nitrogens with zero attached hydrogens (tertiary/aromatic N) is 2. The van der Waals surface area contributed by atoms with Gasteiger partial charge in [0, 0.05) is 22.7 Å². The van der Waals surface area contributed by atoms with Crippen molar-refractivity contribution in [2.75, 3.05) is 5.32 Å². The highest BCUT2D eigenvalue weighted by Gasteiger charge is 2.11. The van der Waals surface area contributed by atoms with Crippen molar-refractivity contribution in [3.05, 3.63) is 63.8 Å². The topological polar surface area (TPSA) is 54.9 Å². The molecule has 0 unspecified atom stereocenters. The van der Waals surface area contributed by atoms with E-state index < -0.39 is 0 Å². The molecule has 4 nitrogen and oxygen atoms in total. The fourth-order valence-corrected chi connectivity index (χ4v) is 3.15. The Morgan fingerprint density at radius 1 is 1.22 bits per heavy atom. The summed E-state index contributed by atoms with van der Waals surface area (Å²) in [7, 11) is 0. The summed E-state index contributed by atoms with van der Waals surface area (Å²) in [4.78, 5) is 20.6. The van der Waals surface area contributed by atoms with Crippen molar-refractivity contribution in [3.63, 3.8) is 0 Å². The number of pyridine rings is 1. The zero-order chi connectivity index (χ0) is 16.4. The van der Waals surface area contributed by atoms with Crippen molar-refractivity contribution in [2.45, 2.75) is 13.8 Å². The van der Waals surface area contributed by atoms with E-state index in [-0.39, 0.29) is 11.1 Å². The first-order valence-electron chi connectivity index (χ1n) is 6.99. The molecular weight excluding hydrogens is 330 g/mol. The zero-order valence-electron chi connectivity index (χ0n) is 12.6. The average molecular weight is 344 g/mol. The van der Waals surface area contributed by atoms with E-state index in [1.54, 1.807) is 6.07 Å². The second-order valence-electron chi connectivity index (χ2n) is 5.18. The average Bonchev–Trinajstić information content (AvgIpc) is 2.95. The summed E-state index contributed by atoms with van der Waals surface area (Å²) in [6, 6.07) is 9.36. The molecule has 1 amide bonds. The van der Waals surface area contributed by atoms with Gasteiger partial charge in [0.25, 0.3) is 5.91 Å². The second-order valence-corrected chi connectivity index (χ2v) is 6.42. The van der Waals surface area contributed by atoms with Gasteiger partial charge in [-0.1, -0.05) is 35.4 Å². The van der Waals surface area contributed by atoms with Crippen LogP contribution in [0.4, 0.5) is 5.13 Å². The highest BCUT2D eigenvalue weighted by Crippen LogP contribution is 2.28. The fraction of sp³-hybridized carbons (Fsp3) is 0.118. The molecule has 2 heterocycles. The van der Waals surface area contributed by atoms with E-state index in [2.05, 4.69) is 41.3 Å². The maximum Gasteiger partial charge on any atom is 0.257 e. The summed E-state index contributed by atoms with van der Waals surface area (Å²) in [5, 5.41) is 5.56. The molecule has 1 aromatic carbocycles. The van der Waals surface area contributed by atoms with E-state index >= 15 is 0 Å². The van der Waals surface area contributed by atoms with Crippen molar-refractivity contribution in [1.29, 1.82) is 0 Å². The molecule has 3 aromatic rings. The van der Waals surface area contributed by atoms with Crippen LogP contribution in [0.5, 0.6) is 0 Å². The van der Waals surface area contributed by atoms with Gasteiger partial charge in [-0.25, -0.2) is 9.97 Å². The number of amides is 1. The largest absolute Gasteiger partial charge is 0.298 e. The molecule has 0 bridgehead atoms. The van der Waals surface area contributed by atoms with Crippen LogP contribution in [0.1, 0.15) is 21.5 Å². The van der Waals surface area contributed by atoms with Crippen molar-refractivity contribution in [1.82, 2.24) is 9.97 Å². The monoisotopic (exact) mass is 343 g/mol. The Kier molecular flexibility index (Phi) is 4.41. The molecule has 0 saturated carbocycles. The van der Waals surface area contributed by atoms with Crippen molar-refractivity contribution >= 4 is 34.0 Å². The molecular formula is C17H14ClN3OS. The number of nitrogens with one attached hydrogen (secondary N) is 1. The van der Waals surface area contributed by atoms with E-state index in [0.29, 0.717) is 10.7 Å². The van der Waals surface area contributed by atoms with E-state index in [1.165, 1.54) is 29.2 Å². The normalized spacial score (nSPS) is 10.6. The molecule has 0 spiro atoms. The molecule has 23 heavy (non-hydrogen) atoms. The highest BCUT2D eigenvalue weighted by molar-refractivity contribution is 7.14. The number of carbonyl (C=O) groups is 1. The van der Waals surface area contributed by atoms with Crippen LogP contribution in [0.3, 0.4) is 0 Å². The summed E-state index contributed by atoms with van der Waals surface area (Å²) >= 11 is 7.19. The minimum Gasteiger partial charge on any atom is -0.298 e. The predicted molar refractivity (Wildman–Crippen MR) is 94.2 cm³/mol. The molecule has 0 atom stereocenters. The van der Waals surface area contributed by atoms with Gasteiger partial charge in [0.1, 0.15) is 5.15 Å². The first-order chi connectivity index (χ1) is 11.0. The van der Waals surface area contributed by atoms with E-state index in [0.717, 1.165) is 16.8 Å². The first-order valence-corrected chi connectivity index (χ1v) is 8.25. The van der Waals surface area contributed by atoms with Crippen molar-refractivity contribution < 1.29 is 4.79 Å². The van der Waals surface area contributed by atoms with Gasteiger partial charge in [-0.2, -0.15) is 0 Å². The quantitative estimate of drug-likeness (QED) is 0.699. The van der Waals surface area contributed by atoms with Crippen LogP contribution in [-0.2, 0) is 0 Å². The summed E-state index contributed by atoms with van der Waals surface area (Å²) in [6.07, 6.45) is 1.50. The predicted octanol–water partition coefficient (Wildman–Crippen LogP) is 4.73. The number of thiazole rings is 1. The minimum absolute atomic E-state index is 0.254. The summed E-state index contributed by atoms with van der Waals surface area (Å²) in [5.41, 5.74) is 4.75. The summed E-state index contributed by atoms with van der Waals surface area (Å²) < 4.78 is 0. The highest BCUT2D eigenvalue weighted by atomic mass is 35.5. The third-order valence-electron chi connectivity index (χ3n) is 3.37. The molecule has 0 aliphatic heterocycles. The summed E-state index contributed by atoms with van der Waals surface area (Å²) in [5.74, 6) is -0.254. The van der Waals surface area contributed by atoms with Gasteiger partial charge in [0.05, 0.1) is 5.69 Å². The van der Waals surface area contributed by atoms with Crippen LogP contribution in [0.2, 0.25) is 5.15 Å². The number of anilines is 1. The smallest absolute Gasteiger partial charge is 0.257 e. The van der Waals surface area contributed by atoms with E-state index in [4.69, 9.17) is 11.6 Å². The number of halogens is 1. The van der Waals surface area contributed by atoms with Gasteiger partial charge in [-0.05, 0) is 31.5 Å². The lowest BCUT2D eigenvalue weighted by molar-refractivity contribution is 0.102. The Bertz CT molecular complexity index is 876. The van der Waals surface area contributed by atoms with Gasteiger partial charge in [-0.15, -0.1) is 11.3 Å². The molecule has 3 rings (SSSR count). The molecule has 0 radical (unpaired) electrons. The Morgan fingerprint density at radius 2 is 2.04 bits per heavy atom. The van der Waals surface area contributed by atoms with E-state index in [1.807, 2.05) is 11.4 Å². The van der Waals surface area contributed by atoms with Crippen LogP contribution in [-0.4, -0.2) is 15.9 Å². The van der Waals surface area contributed by atoms with Crippen LogP contribution in [0.15, 0.2) is 41.9 Å². The number of rotatable bonds is 3. The maximum absolute atomic E-state index is 12.2. The second kappa shape index (κ2) is 6.48. The molecule has 1 N–H and O–H groups in total. The molecule has 2 aromatic heterocycles. The van der Waals surface area contributed by atoms with Gasteiger partial charge >= 0.3 is 0 Å². The molecule has 0 aliphatic rings. The Morgan fingerprint density at radius 3 is 2.78 bits per heavy atom. The number of aromatic nitrogens is 2. The number of hydrogen-bond acceptors (Lipinski definition) is 4. The SMILES string of the molecule is Cc1ccc(-c2csc(NC(=O)c3ccnc(Cl)c3)n2)c(C)c1. The lowest BCUT2D eigenvalue weighted by Gasteiger charge is -2.04.